The molecular weight excluding hydrogens is 407 g/mol. The fraction of sp³-hybridized carbons (Fsp3) is 0.304. The summed E-state index contributed by atoms with van der Waals surface area (Å²) < 4.78 is 0. The topological polar surface area (TPSA) is 40.6 Å². The van der Waals surface area contributed by atoms with E-state index >= 15 is 0 Å². The van der Waals surface area contributed by atoms with E-state index in [4.69, 9.17) is 23.2 Å². The van der Waals surface area contributed by atoms with Gasteiger partial charge in [0, 0.05) is 23.7 Å². The fourth-order valence-electron chi connectivity index (χ4n) is 4.14. The molecule has 2 heterocycles. The highest BCUT2D eigenvalue weighted by atomic mass is 35.5. The van der Waals surface area contributed by atoms with Gasteiger partial charge < -0.3 is 4.90 Å². The van der Waals surface area contributed by atoms with E-state index < -0.39 is 0 Å². The maximum atomic E-state index is 13.6. The molecule has 0 aliphatic carbocycles. The molecule has 0 atom stereocenters. The number of benzene rings is 2. The number of amides is 2. The lowest BCUT2D eigenvalue weighted by Crippen LogP contribution is -2.37. The average Bonchev–Trinajstić information content (AvgIpc) is 2.93. The number of hydrogen-bond acceptors (Lipinski definition) is 3. The normalized spacial score (nSPS) is 17.5. The van der Waals surface area contributed by atoms with Crippen LogP contribution in [0.1, 0.15) is 36.0 Å². The Labute approximate surface area is 180 Å². The van der Waals surface area contributed by atoms with Crippen molar-refractivity contribution >= 4 is 46.3 Å². The van der Waals surface area contributed by atoms with Crippen LogP contribution in [0.5, 0.6) is 0 Å². The van der Waals surface area contributed by atoms with Crippen LogP contribution in [0, 0.1) is 13.8 Å². The lowest BCUT2D eigenvalue weighted by atomic mass is 10.0. The quantitative estimate of drug-likeness (QED) is 0.615. The lowest BCUT2D eigenvalue weighted by Gasteiger charge is -2.29. The summed E-state index contributed by atoms with van der Waals surface area (Å²) in [5.74, 6) is -0.628. The third-order valence-corrected chi connectivity index (χ3v) is 6.07. The molecule has 1 saturated heterocycles. The van der Waals surface area contributed by atoms with E-state index in [-0.39, 0.29) is 11.8 Å². The summed E-state index contributed by atoms with van der Waals surface area (Å²) >= 11 is 12.5. The number of anilines is 1. The second kappa shape index (κ2) is 7.85. The minimum atomic E-state index is -0.341. The van der Waals surface area contributed by atoms with Gasteiger partial charge in [0.05, 0.1) is 16.3 Å². The average molecular weight is 429 g/mol. The number of hydrogen-bond donors (Lipinski definition) is 0. The highest BCUT2D eigenvalue weighted by Crippen LogP contribution is 2.39. The monoisotopic (exact) mass is 428 g/mol. The standard InChI is InChI=1S/C23H22Cl2N2O2/c1-14-6-9-19(15(2)12-14)27-22(28)20(17-8-7-16(24)13-18(17)25)21(23(27)29)26-10-4-3-5-11-26/h6-9,12-13H,3-5,10-11H2,1-2H3. The smallest absolute Gasteiger partial charge is 0.282 e. The molecule has 2 aliphatic heterocycles. The van der Waals surface area contributed by atoms with Crippen molar-refractivity contribution in [2.45, 2.75) is 33.1 Å². The summed E-state index contributed by atoms with van der Waals surface area (Å²) in [6.45, 7) is 5.41. The van der Waals surface area contributed by atoms with Gasteiger partial charge >= 0.3 is 0 Å². The second-order valence-electron chi connectivity index (χ2n) is 7.63. The van der Waals surface area contributed by atoms with Crippen molar-refractivity contribution in [3.05, 3.63) is 68.8 Å². The fourth-order valence-corrected chi connectivity index (χ4v) is 4.64. The summed E-state index contributed by atoms with van der Waals surface area (Å²) in [6, 6.07) is 10.7. The van der Waals surface area contributed by atoms with Crippen molar-refractivity contribution < 1.29 is 9.59 Å². The minimum Gasteiger partial charge on any atom is -0.366 e. The Morgan fingerprint density at radius 2 is 1.59 bits per heavy atom. The first-order chi connectivity index (χ1) is 13.9. The zero-order valence-electron chi connectivity index (χ0n) is 16.5. The van der Waals surface area contributed by atoms with Gasteiger partial charge in [-0.05, 0) is 56.9 Å². The third kappa shape index (κ3) is 3.56. The number of rotatable bonds is 3. The number of likely N-dealkylation sites (tertiary alicyclic amines) is 1. The van der Waals surface area contributed by atoms with Crippen molar-refractivity contribution in [2.24, 2.45) is 0 Å². The summed E-state index contributed by atoms with van der Waals surface area (Å²) in [5.41, 5.74) is 3.92. The van der Waals surface area contributed by atoms with Gasteiger partial charge in [-0.1, -0.05) is 47.0 Å². The number of halogens is 2. The Kier molecular flexibility index (Phi) is 5.41. The molecule has 4 rings (SSSR count). The van der Waals surface area contributed by atoms with Crippen molar-refractivity contribution in [3.8, 4) is 0 Å². The van der Waals surface area contributed by atoms with Gasteiger partial charge in [-0.25, -0.2) is 4.90 Å². The van der Waals surface area contributed by atoms with Crippen LogP contribution < -0.4 is 4.90 Å². The molecule has 0 unspecified atom stereocenters. The molecule has 2 aliphatic rings. The Morgan fingerprint density at radius 1 is 0.862 bits per heavy atom. The summed E-state index contributed by atoms with van der Waals surface area (Å²) in [7, 11) is 0. The highest BCUT2D eigenvalue weighted by molar-refractivity contribution is 6.47. The SMILES string of the molecule is Cc1ccc(N2C(=O)C(c3ccc(Cl)cc3Cl)=C(N3CCCCC3)C2=O)c(C)c1. The molecule has 0 bridgehead atoms. The van der Waals surface area contributed by atoms with Crippen LogP contribution in [0.15, 0.2) is 42.1 Å². The Balaban J connectivity index is 1.88. The molecule has 2 amide bonds. The van der Waals surface area contributed by atoms with Crippen LogP contribution in [0.2, 0.25) is 10.0 Å². The summed E-state index contributed by atoms with van der Waals surface area (Å²) in [5, 5.41) is 0.854. The van der Waals surface area contributed by atoms with E-state index in [0.29, 0.717) is 32.6 Å². The Morgan fingerprint density at radius 3 is 2.24 bits per heavy atom. The Hall–Kier alpha value is -2.30. The molecule has 29 heavy (non-hydrogen) atoms. The van der Waals surface area contributed by atoms with Crippen LogP contribution in [0.3, 0.4) is 0 Å². The zero-order chi connectivity index (χ0) is 20.7. The third-order valence-electron chi connectivity index (χ3n) is 5.53. The number of piperidine rings is 1. The van der Waals surface area contributed by atoms with Gasteiger partial charge in [0.15, 0.2) is 0 Å². The molecular formula is C23H22Cl2N2O2. The molecule has 0 radical (unpaired) electrons. The van der Waals surface area contributed by atoms with Crippen LogP contribution >= 0.6 is 23.2 Å². The number of imide groups is 1. The molecule has 1 fully saturated rings. The van der Waals surface area contributed by atoms with Crippen molar-refractivity contribution in [3.63, 3.8) is 0 Å². The first-order valence-corrected chi connectivity index (χ1v) is 10.5. The van der Waals surface area contributed by atoms with E-state index in [1.807, 2.05) is 36.9 Å². The van der Waals surface area contributed by atoms with Gasteiger partial charge in [0.25, 0.3) is 11.8 Å². The molecule has 0 aromatic heterocycles. The van der Waals surface area contributed by atoms with E-state index in [2.05, 4.69) is 0 Å². The van der Waals surface area contributed by atoms with Crippen LogP contribution in [0.25, 0.3) is 5.57 Å². The molecule has 150 valence electrons. The predicted octanol–water partition coefficient (Wildman–Crippen LogP) is 5.38. The van der Waals surface area contributed by atoms with Gasteiger partial charge in [-0.2, -0.15) is 0 Å². The number of carbonyl (C=O) groups excluding carboxylic acids is 2. The Bertz CT molecular complexity index is 1040. The van der Waals surface area contributed by atoms with Crippen LogP contribution in [-0.2, 0) is 9.59 Å². The maximum Gasteiger partial charge on any atom is 0.282 e. The molecule has 0 spiro atoms. The molecule has 6 heteroatoms. The molecule has 0 N–H and O–H groups in total. The van der Waals surface area contributed by atoms with E-state index in [0.717, 1.165) is 43.5 Å². The van der Waals surface area contributed by atoms with Crippen molar-refractivity contribution in [1.82, 2.24) is 4.90 Å². The van der Waals surface area contributed by atoms with Gasteiger partial charge in [0.1, 0.15) is 5.70 Å². The summed E-state index contributed by atoms with van der Waals surface area (Å²) in [6.07, 6.45) is 3.12. The van der Waals surface area contributed by atoms with Crippen LogP contribution in [-0.4, -0.2) is 29.8 Å². The molecule has 2 aromatic rings. The highest BCUT2D eigenvalue weighted by Gasteiger charge is 2.43. The largest absolute Gasteiger partial charge is 0.366 e. The maximum absolute atomic E-state index is 13.6. The number of aryl methyl sites for hydroxylation is 2. The van der Waals surface area contributed by atoms with Gasteiger partial charge in [-0.15, -0.1) is 0 Å². The molecule has 2 aromatic carbocycles. The minimum absolute atomic E-state index is 0.287. The molecule has 0 saturated carbocycles. The van der Waals surface area contributed by atoms with Crippen molar-refractivity contribution in [2.75, 3.05) is 18.0 Å². The van der Waals surface area contributed by atoms with Gasteiger partial charge in [-0.3, -0.25) is 9.59 Å². The number of carbonyl (C=O) groups is 2. The predicted molar refractivity (Wildman–Crippen MR) is 117 cm³/mol. The zero-order valence-corrected chi connectivity index (χ0v) is 18.0. The molecule has 4 nitrogen and oxygen atoms in total. The number of nitrogens with zero attached hydrogens (tertiary/aromatic N) is 2. The second-order valence-corrected chi connectivity index (χ2v) is 8.47. The van der Waals surface area contributed by atoms with E-state index in [1.165, 1.54) is 4.90 Å². The lowest BCUT2D eigenvalue weighted by molar-refractivity contribution is -0.120. The summed E-state index contributed by atoms with van der Waals surface area (Å²) in [4.78, 5) is 30.5. The first-order valence-electron chi connectivity index (χ1n) is 9.79. The van der Waals surface area contributed by atoms with Gasteiger partial charge in [0.2, 0.25) is 0 Å². The van der Waals surface area contributed by atoms with Crippen LogP contribution in [0.4, 0.5) is 5.69 Å². The first kappa shape index (κ1) is 20.0. The van der Waals surface area contributed by atoms with E-state index in [1.54, 1.807) is 18.2 Å². The van der Waals surface area contributed by atoms with Crippen molar-refractivity contribution in [1.29, 1.82) is 0 Å². The van der Waals surface area contributed by atoms with E-state index in [9.17, 15) is 9.59 Å².